The number of nitrogens with zero attached hydrogens (tertiary/aromatic N) is 2. The van der Waals surface area contributed by atoms with Crippen LogP contribution in [-0.2, 0) is 19.6 Å². The Bertz CT molecular complexity index is 1130. The highest BCUT2D eigenvalue weighted by molar-refractivity contribution is 7.89. The van der Waals surface area contributed by atoms with E-state index in [2.05, 4.69) is 10.2 Å². The maximum atomic E-state index is 13.2. The standard InChI is InChI=1S/C23H27N3O6S/c27-23(22-16-31-20-5-1-2-6-21(20)32-22)24-18-15-17(7-8-19(18)25-9-3-4-10-25)33(28,29)26-11-13-30-14-12-26/h1-2,5-8,15,22H,3-4,9-14,16H2,(H,24,27)/t22-/m1/s1. The summed E-state index contributed by atoms with van der Waals surface area (Å²) in [6, 6.07) is 12.1. The molecule has 1 amide bonds. The SMILES string of the molecule is O=C(Nc1cc(S(=O)(=O)N2CCOCC2)ccc1N1CCCC1)[C@H]1COc2ccccc2O1. The van der Waals surface area contributed by atoms with E-state index in [1.54, 1.807) is 30.3 Å². The first-order valence-corrected chi connectivity index (χ1v) is 12.6. The fourth-order valence-corrected chi connectivity index (χ4v) is 5.74. The lowest BCUT2D eigenvalue weighted by molar-refractivity contribution is -0.125. The molecule has 2 fully saturated rings. The van der Waals surface area contributed by atoms with Crippen molar-refractivity contribution in [2.75, 3.05) is 56.2 Å². The molecule has 3 heterocycles. The summed E-state index contributed by atoms with van der Waals surface area (Å²) >= 11 is 0. The third kappa shape index (κ3) is 4.50. The van der Waals surface area contributed by atoms with E-state index in [0.717, 1.165) is 31.6 Å². The zero-order valence-electron chi connectivity index (χ0n) is 18.2. The van der Waals surface area contributed by atoms with E-state index in [1.165, 1.54) is 4.31 Å². The molecule has 0 saturated carbocycles. The molecule has 3 aliphatic heterocycles. The molecule has 9 nitrogen and oxygen atoms in total. The van der Waals surface area contributed by atoms with E-state index >= 15 is 0 Å². The lowest BCUT2D eigenvalue weighted by atomic mass is 10.2. The molecular weight excluding hydrogens is 446 g/mol. The average Bonchev–Trinajstić information content (AvgIpc) is 3.39. The second-order valence-electron chi connectivity index (χ2n) is 8.24. The number of carbonyl (C=O) groups excluding carboxylic acids is 1. The predicted octanol–water partition coefficient (Wildman–Crippen LogP) is 2.09. The first kappa shape index (κ1) is 22.0. The first-order valence-electron chi connectivity index (χ1n) is 11.2. The van der Waals surface area contributed by atoms with E-state index in [9.17, 15) is 13.2 Å². The van der Waals surface area contributed by atoms with Gasteiger partial charge in [0.05, 0.1) is 29.5 Å². The summed E-state index contributed by atoms with van der Waals surface area (Å²) in [7, 11) is -3.70. The van der Waals surface area contributed by atoms with Gasteiger partial charge in [-0.2, -0.15) is 4.31 Å². The Labute approximate surface area is 193 Å². The molecular formula is C23H27N3O6S. The zero-order chi connectivity index (χ0) is 22.8. The number of morpholine rings is 1. The minimum Gasteiger partial charge on any atom is -0.485 e. The maximum absolute atomic E-state index is 13.2. The van der Waals surface area contributed by atoms with Gasteiger partial charge in [0.15, 0.2) is 11.5 Å². The smallest absolute Gasteiger partial charge is 0.269 e. The highest BCUT2D eigenvalue weighted by atomic mass is 32.2. The minimum absolute atomic E-state index is 0.0770. The van der Waals surface area contributed by atoms with Crippen LogP contribution in [0.3, 0.4) is 0 Å². The number of fused-ring (bicyclic) bond motifs is 1. The Kier molecular flexibility index (Phi) is 6.13. The molecule has 1 N–H and O–H groups in total. The first-order chi connectivity index (χ1) is 16.0. The lowest BCUT2D eigenvalue weighted by Crippen LogP contribution is -2.41. The average molecular weight is 474 g/mol. The maximum Gasteiger partial charge on any atom is 0.269 e. The van der Waals surface area contributed by atoms with Gasteiger partial charge in [-0.25, -0.2) is 8.42 Å². The number of amides is 1. The fourth-order valence-electron chi connectivity index (χ4n) is 4.31. The molecule has 176 valence electrons. The molecule has 1 atom stereocenters. The van der Waals surface area contributed by atoms with E-state index in [4.69, 9.17) is 14.2 Å². The molecule has 0 spiro atoms. The van der Waals surface area contributed by atoms with Crippen LogP contribution in [0.15, 0.2) is 47.4 Å². The number of nitrogens with one attached hydrogen (secondary N) is 1. The highest BCUT2D eigenvalue weighted by Gasteiger charge is 2.31. The van der Waals surface area contributed by atoms with Crippen molar-refractivity contribution < 1.29 is 27.4 Å². The quantitative estimate of drug-likeness (QED) is 0.710. The number of hydrogen-bond acceptors (Lipinski definition) is 7. The lowest BCUT2D eigenvalue weighted by Gasteiger charge is -2.28. The van der Waals surface area contributed by atoms with Crippen LogP contribution in [-0.4, -0.2) is 70.7 Å². The topological polar surface area (TPSA) is 97.4 Å². The third-order valence-electron chi connectivity index (χ3n) is 6.08. The largest absolute Gasteiger partial charge is 0.485 e. The Morgan fingerprint density at radius 2 is 1.70 bits per heavy atom. The monoisotopic (exact) mass is 473 g/mol. The van der Waals surface area contributed by atoms with Crippen molar-refractivity contribution in [1.82, 2.24) is 4.31 Å². The molecule has 5 rings (SSSR count). The van der Waals surface area contributed by atoms with Gasteiger partial charge in [-0.15, -0.1) is 0 Å². The van der Waals surface area contributed by atoms with Crippen LogP contribution in [0.5, 0.6) is 11.5 Å². The number of hydrogen-bond donors (Lipinski definition) is 1. The van der Waals surface area contributed by atoms with Crippen LogP contribution in [0.2, 0.25) is 0 Å². The number of ether oxygens (including phenoxy) is 3. The van der Waals surface area contributed by atoms with Crippen LogP contribution < -0.4 is 19.7 Å². The molecule has 2 aromatic carbocycles. The number of rotatable bonds is 5. The number of para-hydroxylation sites is 2. The van der Waals surface area contributed by atoms with Gasteiger partial charge in [0.1, 0.15) is 6.61 Å². The van der Waals surface area contributed by atoms with Gasteiger partial charge >= 0.3 is 0 Å². The molecule has 2 saturated heterocycles. The molecule has 10 heteroatoms. The summed E-state index contributed by atoms with van der Waals surface area (Å²) in [6.45, 7) is 3.15. The molecule has 0 bridgehead atoms. The van der Waals surface area contributed by atoms with Crippen LogP contribution in [0.1, 0.15) is 12.8 Å². The Balaban J connectivity index is 1.42. The van der Waals surface area contributed by atoms with Gasteiger partial charge in [0, 0.05) is 26.2 Å². The normalized spacial score (nSPS) is 21.1. The second-order valence-corrected chi connectivity index (χ2v) is 10.2. The molecule has 0 aliphatic carbocycles. The summed E-state index contributed by atoms with van der Waals surface area (Å²) < 4.78 is 44.6. The molecule has 0 radical (unpaired) electrons. The van der Waals surface area contributed by atoms with E-state index in [-0.39, 0.29) is 17.4 Å². The number of sulfonamides is 1. The van der Waals surface area contributed by atoms with Gasteiger partial charge in [0.2, 0.25) is 16.1 Å². The van der Waals surface area contributed by atoms with Gasteiger partial charge in [-0.05, 0) is 43.2 Å². The molecule has 33 heavy (non-hydrogen) atoms. The fraction of sp³-hybridized carbons (Fsp3) is 0.435. The van der Waals surface area contributed by atoms with E-state index in [0.29, 0.717) is 43.5 Å². The van der Waals surface area contributed by atoms with E-state index < -0.39 is 16.1 Å². The van der Waals surface area contributed by atoms with Crippen LogP contribution in [0, 0.1) is 0 Å². The molecule has 0 unspecified atom stereocenters. The van der Waals surface area contributed by atoms with Crippen molar-refractivity contribution in [1.29, 1.82) is 0 Å². The summed E-state index contributed by atoms with van der Waals surface area (Å²) in [5, 5.41) is 2.91. The third-order valence-corrected chi connectivity index (χ3v) is 7.98. The van der Waals surface area contributed by atoms with Crippen LogP contribution >= 0.6 is 0 Å². The summed E-state index contributed by atoms with van der Waals surface area (Å²) in [4.78, 5) is 15.4. The van der Waals surface area contributed by atoms with Crippen molar-refractivity contribution in [3.8, 4) is 11.5 Å². The zero-order valence-corrected chi connectivity index (χ0v) is 19.1. The number of carbonyl (C=O) groups is 1. The predicted molar refractivity (Wildman–Crippen MR) is 122 cm³/mol. The summed E-state index contributed by atoms with van der Waals surface area (Å²) in [5.74, 6) is 0.719. The van der Waals surface area contributed by atoms with Crippen molar-refractivity contribution in [3.05, 3.63) is 42.5 Å². The Morgan fingerprint density at radius 1 is 0.970 bits per heavy atom. The van der Waals surface area contributed by atoms with Crippen molar-refractivity contribution in [3.63, 3.8) is 0 Å². The number of anilines is 2. The Morgan fingerprint density at radius 3 is 2.45 bits per heavy atom. The van der Waals surface area contributed by atoms with Crippen molar-refractivity contribution >= 4 is 27.3 Å². The number of benzene rings is 2. The molecule has 0 aromatic heterocycles. The highest BCUT2D eigenvalue weighted by Crippen LogP contribution is 2.34. The van der Waals surface area contributed by atoms with Gasteiger partial charge in [-0.1, -0.05) is 12.1 Å². The van der Waals surface area contributed by atoms with Crippen LogP contribution in [0.25, 0.3) is 0 Å². The second kappa shape index (κ2) is 9.20. The van der Waals surface area contributed by atoms with Gasteiger partial charge in [-0.3, -0.25) is 4.79 Å². The van der Waals surface area contributed by atoms with Gasteiger partial charge < -0.3 is 24.4 Å². The van der Waals surface area contributed by atoms with Crippen LogP contribution in [0.4, 0.5) is 11.4 Å². The molecule has 3 aliphatic rings. The summed E-state index contributed by atoms with van der Waals surface area (Å²) in [5.41, 5.74) is 1.26. The van der Waals surface area contributed by atoms with E-state index in [1.807, 2.05) is 12.1 Å². The molecule has 2 aromatic rings. The van der Waals surface area contributed by atoms with Crippen molar-refractivity contribution in [2.45, 2.75) is 23.8 Å². The van der Waals surface area contributed by atoms with Gasteiger partial charge in [0.25, 0.3) is 5.91 Å². The Hall–Kier alpha value is -2.82. The minimum atomic E-state index is -3.70. The van der Waals surface area contributed by atoms with Crippen molar-refractivity contribution in [2.24, 2.45) is 0 Å². The summed E-state index contributed by atoms with van der Waals surface area (Å²) in [6.07, 6.45) is 1.26.